The number of nitrogens with zero attached hydrogens (tertiary/aromatic N) is 2. The van der Waals surface area contributed by atoms with E-state index in [0.29, 0.717) is 22.4 Å². The number of imidazole rings is 1. The molecule has 3 aliphatic carbocycles. The SMILES string of the molecule is [2H]C([2H])([2H])c1ccc(-c2nc3ccccc3n2-c2c(-c3ccc4c(c3)C3(C)CCC4(C)CC3)cccc2C(C)(C)C)c2oc3cc4c(ccc5ccccc54)cc3c12. The van der Waals surface area contributed by atoms with Gasteiger partial charge in [-0.15, -0.1) is 0 Å². The van der Waals surface area contributed by atoms with Crippen molar-refractivity contribution in [3.63, 3.8) is 0 Å². The average molecular weight is 718 g/mol. The molecule has 3 heteroatoms. The van der Waals surface area contributed by atoms with E-state index in [9.17, 15) is 0 Å². The molecule has 270 valence electrons. The van der Waals surface area contributed by atoms with Gasteiger partial charge in [-0.05, 0) is 128 Å². The van der Waals surface area contributed by atoms with Gasteiger partial charge in [0.05, 0.1) is 22.3 Å². The van der Waals surface area contributed by atoms with Crippen molar-refractivity contribution in [2.24, 2.45) is 0 Å². The highest BCUT2D eigenvalue weighted by atomic mass is 16.3. The predicted octanol–water partition coefficient (Wildman–Crippen LogP) is 14.3. The molecule has 0 radical (unpaired) electrons. The number of benzene rings is 7. The molecule has 9 aromatic rings. The van der Waals surface area contributed by atoms with Gasteiger partial charge in [0.15, 0.2) is 0 Å². The van der Waals surface area contributed by atoms with Gasteiger partial charge in [0.1, 0.15) is 17.0 Å². The number of rotatable bonds is 3. The maximum atomic E-state index is 8.69. The molecule has 12 rings (SSSR count). The fourth-order valence-electron chi connectivity index (χ4n) is 10.2. The number of hydrogen-bond acceptors (Lipinski definition) is 2. The Morgan fingerprint density at radius 3 is 2.25 bits per heavy atom. The Morgan fingerprint density at radius 2 is 1.44 bits per heavy atom. The second-order valence-electron chi connectivity index (χ2n) is 17.9. The lowest BCUT2D eigenvalue weighted by Crippen LogP contribution is -2.44. The van der Waals surface area contributed by atoms with E-state index in [1.807, 2.05) is 18.2 Å². The summed E-state index contributed by atoms with van der Waals surface area (Å²) in [5.41, 5.74) is 11.9. The number of fused-ring (bicyclic) bond motifs is 9. The van der Waals surface area contributed by atoms with Crippen molar-refractivity contribution in [2.75, 3.05) is 0 Å². The Bertz CT molecular complexity index is 3180. The van der Waals surface area contributed by atoms with Crippen LogP contribution in [0, 0.1) is 6.85 Å². The molecule has 55 heavy (non-hydrogen) atoms. The van der Waals surface area contributed by atoms with Crippen molar-refractivity contribution in [1.29, 1.82) is 0 Å². The predicted molar refractivity (Wildman–Crippen MR) is 231 cm³/mol. The lowest BCUT2D eigenvalue weighted by molar-refractivity contribution is 0.188. The molecule has 0 N–H and O–H groups in total. The molecule has 0 spiro atoms. The van der Waals surface area contributed by atoms with Gasteiger partial charge in [-0.25, -0.2) is 4.98 Å². The van der Waals surface area contributed by atoms with Gasteiger partial charge in [0.2, 0.25) is 0 Å². The topological polar surface area (TPSA) is 31.0 Å². The fraction of sp³-hybridized carbons (Fsp3) is 0.250. The Morgan fingerprint density at radius 1 is 0.673 bits per heavy atom. The number of aryl methyl sites for hydroxylation is 1. The van der Waals surface area contributed by atoms with E-state index < -0.39 is 6.85 Å². The largest absolute Gasteiger partial charge is 0.455 e. The zero-order valence-corrected chi connectivity index (χ0v) is 32.2. The number of furan rings is 1. The summed E-state index contributed by atoms with van der Waals surface area (Å²) in [6.07, 6.45) is 4.93. The molecule has 2 bridgehead atoms. The quantitative estimate of drug-likeness (QED) is 0.170. The van der Waals surface area contributed by atoms with Crippen LogP contribution in [-0.4, -0.2) is 9.55 Å². The molecule has 3 nitrogen and oxygen atoms in total. The minimum atomic E-state index is -2.36. The van der Waals surface area contributed by atoms with E-state index in [1.54, 1.807) is 6.07 Å². The number of hydrogen-bond donors (Lipinski definition) is 0. The van der Waals surface area contributed by atoms with E-state index in [4.69, 9.17) is 13.5 Å². The van der Waals surface area contributed by atoms with E-state index in [2.05, 4.69) is 136 Å². The van der Waals surface area contributed by atoms with Crippen LogP contribution >= 0.6 is 0 Å². The molecular weight excluding hydrogens is 669 g/mol. The Labute approximate surface area is 326 Å². The highest BCUT2D eigenvalue weighted by Gasteiger charge is 2.47. The second kappa shape index (κ2) is 11.2. The summed E-state index contributed by atoms with van der Waals surface area (Å²) in [6, 6.07) is 42.7. The average Bonchev–Trinajstić information content (AvgIpc) is 3.78. The summed E-state index contributed by atoms with van der Waals surface area (Å²) < 4.78 is 35.3. The molecule has 1 saturated carbocycles. The summed E-state index contributed by atoms with van der Waals surface area (Å²) >= 11 is 0. The molecule has 0 amide bonds. The van der Waals surface area contributed by atoms with Crippen molar-refractivity contribution in [2.45, 2.75) is 83.4 Å². The van der Waals surface area contributed by atoms with E-state index >= 15 is 0 Å². The first kappa shape index (κ1) is 29.7. The minimum Gasteiger partial charge on any atom is -0.455 e. The van der Waals surface area contributed by atoms with Gasteiger partial charge in [-0.1, -0.05) is 126 Å². The molecule has 0 aliphatic heterocycles. The van der Waals surface area contributed by atoms with Crippen LogP contribution < -0.4 is 0 Å². The summed E-state index contributed by atoms with van der Waals surface area (Å²) in [4.78, 5) is 5.41. The maximum Gasteiger partial charge on any atom is 0.149 e. The molecule has 0 saturated heterocycles. The third-order valence-corrected chi connectivity index (χ3v) is 13.4. The zero-order chi connectivity index (χ0) is 39.9. The molecule has 0 atom stereocenters. The van der Waals surface area contributed by atoms with Crippen LogP contribution in [0.15, 0.2) is 126 Å². The van der Waals surface area contributed by atoms with Crippen LogP contribution in [-0.2, 0) is 16.2 Å². The van der Waals surface area contributed by atoms with Gasteiger partial charge >= 0.3 is 0 Å². The van der Waals surface area contributed by atoms with Gasteiger partial charge < -0.3 is 4.42 Å². The minimum absolute atomic E-state index is 0.173. The van der Waals surface area contributed by atoms with Crippen LogP contribution in [0.5, 0.6) is 0 Å². The third-order valence-electron chi connectivity index (χ3n) is 13.4. The first-order chi connectivity index (χ1) is 27.7. The monoisotopic (exact) mass is 717 g/mol. The van der Waals surface area contributed by atoms with E-state index in [-0.39, 0.29) is 21.8 Å². The molecule has 0 unspecified atom stereocenters. The van der Waals surface area contributed by atoms with Crippen molar-refractivity contribution >= 4 is 54.5 Å². The summed E-state index contributed by atoms with van der Waals surface area (Å²) in [7, 11) is 0. The molecular formula is C52H46N2O. The maximum absolute atomic E-state index is 8.69. The van der Waals surface area contributed by atoms with Crippen LogP contribution in [0.25, 0.3) is 82.7 Å². The van der Waals surface area contributed by atoms with Gasteiger partial charge in [-0.2, -0.15) is 0 Å². The van der Waals surface area contributed by atoms with E-state index in [1.165, 1.54) is 47.9 Å². The molecule has 7 aromatic carbocycles. The molecule has 2 aromatic heterocycles. The van der Waals surface area contributed by atoms with Crippen molar-refractivity contribution in [3.8, 4) is 28.2 Å². The Hall–Kier alpha value is -5.67. The molecule has 3 aliphatic rings. The first-order valence-electron chi connectivity index (χ1n) is 21.3. The van der Waals surface area contributed by atoms with Crippen LogP contribution in [0.1, 0.15) is 86.7 Å². The Kier molecular flexibility index (Phi) is 6.04. The van der Waals surface area contributed by atoms with E-state index in [0.717, 1.165) is 54.8 Å². The normalized spacial score (nSPS) is 20.7. The second-order valence-corrected chi connectivity index (χ2v) is 17.9. The smallest absolute Gasteiger partial charge is 0.149 e. The van der Waals surface area contributed by atoms with Crippen LogP contribution in [0.2, 0.25) is 0 Å². The highest BCUT2D eigenvalue weighted by Crippen LogP contribution is 2.57. The molecule has 2 heterocycles. The third kappa shape index (κ3) is 4.65. The van der Waals surface area contributed by atoms with Crippen molar-refractivity contribution in [3.05, 3.63) is 144 Å². The number of para-hydroxylation sites is 3. The zero-order valence-electron chi connectivity index (χ0n) is 35.2. The van der Waals surface area contributed by atoms with Crippen LogP contribution in [0.4, 0.5) is 0 Å². The highest BCUT2D eigenvalue weighted by molar-refractivity contribution is 6.18. The van der Waals surface area contributed by atoms with Crippen LogP contribution in [0.3, 0.4) is 0 Å². The summed E-state index contributed by atoms with van der Waals surface area (Å²) in [6.45, 7) is 9.39. The van der Waals surface area contributed by atoms with Crippen molar-refractivity contribution < 1.29 is 8.53 Å². The summed E-state index contributed by atoms with van der Waals surface area (Å²) in [5, 5.41) is 5.77. The van der Waals surface area contributed by atoms with Gasteiger partial charge in [-0.3, -0.25) is 4.57 Å². The van der Waals surface area contributed by atoms with Gasteiger partial charge in [0.25, 0.3) is 0 Å². The lowest BCUT2D eigenvalue weighted by atomic mass is 9.52. The lowest BCUT2D eigenvalue weighted by Gasteiger charge is -2.52. The molecule has 1 fully saturated rings. The Balaban J connectivity index is 1.23. The fourth-order valence-corrected chi connectivity index (χ4v) is 10.2. The first-order valence-corrected chi connectivity index (χ1v) is 19.8. The summed E-state index contributed by atoms with van der Waals surface area (Å²) in [5.74, 6) is 0.715. The van der Waals surface area contributed by atoms with Gasteiger partial charge in [0, 0.05) is 20.4 Å². The standard InChI is InChI=1S/C52H46N2O/c1-31-18-22-37(48-46(31)39-28-33-20-19-32-12-7-8-13-35(32)38(33)30-45(39)55-48)49-53-43-16-9-10-17-44(43)54(49)47-36(14-11-15-41(47)50(2,3)4)34-21-23-40-42(29-34)52(6)26-24-51(40,5)25-27-52/h7-23,28-30H,24-27H2,1-6H3/i1D3. The van der Waals surface area contributed by atoms with Crippen molar-refractivity contribution in [1.82, 2.24) is 9.55 Å². The number of aromatic nitrogens is 2.